The van der Waals surface area contributed by atoms with E-state index in [1.165, 1.54) is 5.56 Å². The highest BCUT2D eigenvalue weighted by atomic mass is 79.9. The number of aliphatic carboxylic acids is 1. The molecule has 5 rings (SSSR count). The number of carbonyl (C=O) groups excluding carboxylic acids is 1. The lowest BCUT2D eigenvalue weighted by Crippen LogP contribution is -2.38. The molecule has 6 nitrogen and oxygen atoms in total. The third kappa shape index (κ3) is 5.15. The predicted octanol–water partition coefficient (Wildman–Crippen LogP) is 5.89. The van der Waals surface area contributed by atoms with E-state index in [1.54, 1.807) is 6.20 Å². The van der Waals surface area contributed by atoms with Crippen LogP contribution in [0.4, 0.5) is 0 Å². The van der Waals surface area contributed by atoms with Gasteiger partial charge in [0.15, 0.2) is 0 Å². The topological polar surface area (TPSA) is 84.2 Å². The maximum Gasteiger partial charge on any atom is 0.306 e. The summed E-state index contributed by atoms with van der Waals surface area (Å²) < 4.78 is 2.69. The number of aromatic nitrogens is 2. The number of carbonyl (C=O) groups is 2. The van der Waals surface area contributed by atoms with Gasteiger partial charge in [0.05, 0.1) is 29.7 Å². The van der Waals surface area contributed by atoms with Gasteiger partial charge in [0.1, 0.15) is 0 Å². The van der Waals surface area contributed by atoms with Crippen molar-refractivity contribution < 1.29 is 14.7 Å². The third-order valence-corrected chi connectivity index (χ3v) is 7.21. The Morgan fingerprint density at radius 1 is 0.971 bits per heavy atom. The average Bonchev–Trinajstić information content (AvgIpc) is 3.27. The molecule has 1 saturated carbocycles. The highest BCUT2D eigenvalue weighted by Gasteiger charge is 2.27. The molecule has 35 heavy (non-hydrogen) atoms. The number of carboxylic acid groups (broad SMARTS) is 1. The summed E-state index contributed by atoms with van der Waals surface area (Å²) in [5.74, 6) is -1.21. The second-order valence-electron chi connectivity index (χ2n) is 9.12. The predicted molar refractivity (Wildman–Crippen MR) is 139 cm³/mol. The van der Waals surface area contributed by atoms with Gasteiger partial charge in [-0.15, -0.1) is 0 Å². The van der Waals surface area contributed by atoms with Crippen LogP contribution in [0.2, 0.25) is 0 Å². The van der Waals surface area contributed by atoms with Gasteiger partial charge in [0.2, 0.25) is 0 Å². The van der Waals surface area contributed by atoms with E-state index >= 15 is 0 Å². The second-order valence-corrected chi connectivity index (χ2v) is 10.0. The van der Waals surface area contributed by atoms with Crippen LogP contribution in [0.1, 0.15) is 41.6 Å². The molecule has 7 heteroatoms. The number of benzene rings is 3. The molecule has 4 aromatic rings. The van der Waals surface area contributed by atoms with Crippen LogP contribution >= 0.6 is 15.9 Å². The number of halogens is 1. The van der Waals surface area contributed by atoms with Crippen LogP contribution < -0.4 is 5.32 Å². The van der Waals surface area contributed by atoms with Crippen molar-refractivity contribution >= 4 is 38.7 Å². The largest absolute Gasteiger partial charge is 0.481 e. The zero-order valence-electron chi connectivity index (χ0n) is 19.2. The number of hydrogen-bond acceptors (Lipinski definition) is 3. The molecule has 1 heterocycles. The molecule has 0 saturated heterocycles. The first-order chi connectivity index (χ1) is 17.0. The van der Waals surface area contributed by atoms with Gasteiger partial charge in [-0.3, -0.25) is 14.3 Å². The van der Waals surface area contributed by atoms with E-state index in [2.05, 4.69) is 62.7 Å². The molecule has 2 N–H and O–H groups in total. The first-order valence-corrected chi connectivity index (χ1v) is 12.6. The SMILES string of the molecule is O=C(NC1CCC(C(=O)O)CC1)c1cc(Br)cc2cnn(Cc3ccc(-c4ccccc4)cc3)c12. The van der Waals surface area contributed by atoms with Crippen LogP contribution in [-0.2, 0) is 11.3 Å². The van der Waals surface area contributed by atoms with E-state index in [9.17, 15) is 14.7 Å². The molecule has 0 unspecified atom stereocenters. The lowest BCUT2D eigenvalue weighted by molar-refractivity contribution is -0.142. The van der Waals surface area contributed by atoms with E-state index < -0.39 is 5.97 Å². The smallest absolute Gasteiger partial charge is 0.306 e. The summed E-state index contributed by atoms with van der Waals surface area (Å²) >= 11 is 3.52. The molecule has 1 amide bonds. The maximum absolute atomic E-state index is 13.3. The monoisotopic (exact) mass is 531 g/mol. The Hall–Kier alpha value is -3.45. The van der Waals surface area contributed by atoms with Crippen molar-refractivity contribution in [2.24, 2.45) is 5.92 Å². The van der Waals surface area contributed by atoms with Gasteiger partial charge in [0.25, 0.3) is 5.91 Å². The van der Waals surface area contributed by atoms with Gasteiger partial charge < -0.3 is 10.4 Å². The van der Waals surface area contributed by atoms with E-state index in [1.807, 2.05) is 35.0 Å². The van der Waals surface area contributed by atoms with E-state index in [-0.39, 0.29) is 17.9 Å². The quantitative estimate of drug-likeness (QED) is 0.325. The number of fused-ring (bicyclic) bond motifs is 1. The van der Waals surface area contributed by atoms with Crippen molar-refractivity contribution in [2.45, 2.75) is 38.3 Å². The Labute approximate surface area is 212 Å². The second kappa shape index (κ2) is 10.0. The zero-order valence-corrected chi connectivity index (χ0v) is 20.7. The Morgan fingerprint density at radius 2 is 1.66 bits per heavy atom. The summed E-state index contributed by atoms with van der Waals surface area (Å²) in [6, 6.07) is 22.4. The van der Waals surface area contributed by atoms with Crippen LogP contribution in [-0.4, -0.2) is 32.8 Å². The number of carboxylic acids is 1. The lowest BCUT2D eigenvalue weighted by Gasteiger charge is -2.27. The van der Waals surface area contributed by atoms with Crippen molar-refractivity contribution in [3.05, 3.63) is 88.5 Å². The summed E-state index contributed by atoms with van der Waals surface area (Å²) in [4.78, 5) is 24.5. The van der Waals surface area contributed by atoms with Crippen LogP contribution in [0.25, 0.3) is 22.0 Å². The minimum atomic E-state index is -0.746. The highest BCUT2D eigenvalue weighted by molar-refractivity contribution is 9.10. The molecule has 0 bridgehead atoms. The molecular formula is C28H26BrN3O3. The molecule has 0 spiro atoms. The van der Waals surface area contributed by atoms with Gasteiger partial charge in [-0.25, -0.2) is 0 Å². The third-order valence-electron chi connectivity index (χ3n) is 6.75. The van der Waals surface area contributed by atoms with Crippen molar-refractivity contribution in [1.29, 1.82) is 0 Å². The first kappa shape index (κ1) is 23.3. The first-order valence-electron chi connectivity index (χ1n) is 11.8. The van der Waals surface area contributed by atoms with Gasteiger partial charge in [-0.05, 0) is 54.5 Å². The number of nitrogens with one attached hydrogen (secondary N) is 1. The van der Waals surface area contributed by atoms with Crippen molar-refractivity contribution in [2.75, 3.05) is 0 Å². The Bertz CT molecular complexity index is 1360. The Balaban J connectivity index is 1.37. The van der Waals surface area contributed by atoms with Crippen LogP contribution in [0, 0.1) is 5.92 Å². The molecule has 1 aromatic heterocycles. The number of amides is 1. The Morgan fingerprint density at radius 3 is 2.34 bits per heavy atom. The van der Waals surface area contributed by atoms with Crippen LogP contribution in [0.15, 0.2) is 77.4 Å². The fourth-order valence-corrected chi connectivity index (χ4v) is 5.32. The molecule has 1 aliphatic carbocycles. The van der Waals surface area contributed by atoms with Crippen LogP contribution in [0.5, 0.6) is 0 Å². The summed E-state index contributed by atoms with van der Waals surface area (Å²) in [5, 5.41) is 17.8. The number of nitrogens with zero attached hydrogens (tertiary/aromatic N) is 2. The summed E-state index contributed by atoms with van der Waals surface area (Å²) in [6.45, 7) is 0.546. The van der Waals surface area contributed by atoms with Crippen molar-refractivity contribution in [3.63, 3.8) is 0 Å². The van der Waals surface area contributed by atoms with E-state index in [0.717, 1.165) is 26.5 Å². The lowest BCUT2D eigenvalue weighted by atomic mass is 9.86. The maximum atomic E-state index is 13.3. The average molecular weight is 532 g/mol. The van der Waals surface area contributed by atoms with Gasteiger partial charge in [-0.1, -0.05) is 70.5 Å². The summed E-state index contributed by atoms with van der Waals surface area (Å²) in [7, 11) is 0. The fraction of sp³-hybridized carbons (Fsp3) is 0.250. The number of hydrogen-bond donors (Lipinski definition) is 2. The molecule has 1 fully saturated rings. The highest BCUT2D eigenvalue weighted by Crippen LogP contribution is 2.28. The molecule has 0 atom stereocenters. The fourth-order valence-electron chi connectivity index (χ4n) is 4.84. The van der Waals surface area contributed by atoms with Gasteiger partial charge in [0, 0.05) is 15.9 Å². The zero-order chi connectivity index (χ0) is 24.4. The molecular weight excluding hydrogens is 506 g/mol. The van der Waals surface area contributed by atoms with Gasteiger partial charge in [-0.2, -0.15) is 5.10 Å². The molecule has 0 aliphatic heterocycles. The van der Waals surface area contributed by atoms with Crippen molar-refractivity contribution in [3.8, 4) is 11.1 Å². The number of rotatable bonds is 6. The van der Waals surface area contributed by atoms with Crippen LogP contribution in [0.3, 0.4) is 0 Å². The standard InChI is InChI=1S/C28H26BrN3O3/c29-23-14-22-16-30-32(17-18-6-8-20(9-7-18)19-4-2-1-3-5-19)26(22)25(15-23)27(33)31-24-12-10-21(11-13-24)28(34)35/h1-9,14-16,21,24H,10-13,17H2,(H,31,33)(H,34,35). The minimum Gasteiger partial charge on any atom is -0.481 e. The normalized spacial score (nSPS) is 17.9. The van der Waals surface area contributed by atoms with Gasteiger partial charge >= 0.3 is 5.97 Å². The summed E-state index contributed by atoms with van der Waals surface area (Å²) in [5.41, 5.74) is 4.77. The van der Waals surface area contributed by atoms with E-state index in [0.29, 0.717) is 37.8 Å². The minimum absolute atomic E-state index is 0.0194. The summed E-state index contributed by atoms with van der Waals surface area (Å²) in [6.07, 6.45) is 4.31. The van der Waals surface area contributed by atoms with E-state index in [4.69, 9.17) is 0 Å². The molecule has 178 valence electrons. The Kier molecular flexibility index (Phi) is 6.68. The molecule has 3 aromatic carbocycles. The molecule has 0 radical (unpaired) electrons. The molecule has 1 aliphatic rings. The van der Waals surface area contributed by atoms with Crippen molar-refractivity contribution in [1.82, 2.24) is 15.1 Å².